The van der Waals surface area contributed by atoms with E-state index < -0.39 is 12.1 Å². The monoisotopic (exact) mass is 404 g/mol. The van der Waals surface area contributed by atoms with E-state index in [1.165, 1.54) is 0 Å². The van der Waals surface area contributed by atoms with E-state index in [2.05, 4.69) is 0 Å². The number of carbonyl (C=O) groups excluding carboxylic acids is 1. The first-order valence-corrected chi connectivity index (χ1v) is 10.8. The topological polar surface area (TPSA) is 124 Å². The second kappa shape index (κ2) is 19.2. The number of ether oxygens (including phenoxy) is 1. The van der Waals surface area contributed by atoms with Crippen molar-refractivity contribution in [3.63, 3.8) is 0 Å². The lowest BCUT2D eigenvalue weighted by molar-refractivity contribution is -0.150. The average molecular weight is 405 g/mol. The number of esters is 1. The molecular weight excluding hydrogens is 364 g/mol. The Kier molecular flexibility index (Phi) is 18.3. The van der Waals surface area contributed by atoms with Gasteiger partial charge >= 0.3 is 11.9 Å². The molecule has 166 valence electrons. The molecule has 0 aliphatic heterocycles. The summed E-state index contributed by atoms with van der Waals surface area (Å²) in [4.78, 5) is 22.6. The normalized spacial score (nSPS) is 13.2. The third kappa shape index (κ3) is 17.0. The zero-order valence-corrected chi connectivity index (χ0v) is 17.2. The van der Waals surface area contributed by atoms with Gasteiger partial charge in [0.05, 0.1) is 25.2 Å². The van der Waals surface area contributed by atoms with Crippen LogP contribution >= 0.6 is 0 Å². The maximum Gasteiger partial charge on any atom is 0.309 e. The maximum absolute atomic E-state index is 12.2. The minimum Gasteiger partial charge on any atom is -0.481 e. The number of aliphatic hydroxyl groups is 3. The first kappa shape index (κ1) is 26.8. The minimum atomic E-state index is -0.733. The SMILES string of the molecule is O=C(O)CCCCCCCCCC(CCCCCC(O)CO)C(=O)OCCO. The second-order valence-electron chi connectivity index (χ2n) is 7.47. The number of unbranched alkanes of at least 4 members (excludes halogenated alkanes) is 8. The smallest absolute Gasteiger partial charge is 0.309 e. The van der Waals surface area contributed by atoms with Gasteiger partial charge in [0.15, 0.2) is 0 Å². The molecule has 0 aliphatic rings. The van der Waals surface area contributed by atoms with Gasteiger partial charge in [-0.05, 0) is 25.7 Å². The molecular formula is C21H40O7. The zero-order valence-electron chi connectivity index (χ0n) is 17.2. The van der Waals surface area contributed by atoms with Gasteiger partial charge in [0.2, 0.25) is 0 Å². The Labute approximate surface area is 169 Å². The van der Waals surface area contributed by atoms with Crippen LogP contribution in [0.5, 0.6) is 0 Å². The van der Waals surface area contributed by atoms with Crippen molar-refractivity contribution in [2.45, 2.75) is 96.0 Å². The number of aliphatic hydroxyl groups excluding tert-OH is 3. The fourth-order valence-electron chi connectivity index (χ4n) is 3.23. The van der Waals surface area contributed by atoms with Crippen LogP contribution in [0.2, 0.25) is 0 Å². The van der Waals surface area contributed by atoms with Gasteiger partial charge in [-0.15, -0.1) is 0 Å². The van der Waals surface area contributed by atoms with E-state index in [1.54, 1.807) is 0 Å². The molecule has 0 bridgehead atoms. The van der Waals surface area contributed by atoms with Crippen LogP contribution < -0.4 is 0 Å². The molecule has 0 aliphatic carbocycles. The third-order valence-corrected chi connectivity index (χ3v) is 4.91. The number of hydrogen-bond donors (Lipinski definition) is 4. The van der Waals surface area contributed by atoms with Crippen LogP contribution in [-0.4, -0.2) is 58.3 Å². The van der Waals surface area contributed by atoms with Gasteiger partial charge in [0.1, 0.15) is 6.61 Å². The van der Waals surface area contributed by atoms with Crippen LogP contribution in [0.25, 0.3) is 0 Å². The Morgan fingerprint density at radius 1 is 0.750 bits per heavy atom. The highest BCUT2D eigenvalue weighted by atomic mass is 16.5. The predicted octanol–water partition coefficient (Wildman–Crippen LogP) is 3.04. The van der Waals surface area contributed by atoms with E-state index in [1.807, 2.05) is 0 Å². The molecule has 28 heavy (non-hydrogen) atoms. The van der Waals surface area contributed by atoms with Crippen molar-refractivity contribution < 1.29 is 34.8 Å². The van der Waals surface area contributed by atoms with Crippen molar-refractivity contribution in [2.75, 3.05) is 19.8 Å². The standard InChI is InChI=1S/C21H40O7/c22-15-16-28-21(27)18(12-8-6-9-13-19(24)17-23)11-7-4-2-1-3-5-10-14-20(25)26/h18-19,22-24H,1-17H2,(H,25,26). The summed E-state index contributed by atoms with van der Waals surface area (Å²) in [5, 5.41) is 35.6. The first-order valence-electron chi connectivity index (χ1n) is 10.8. The molecule has 0 saturated carbocycles. The van der Waals surface area contributed by atoms with Crippen molar-refractivity contribution in [2.24, 2.45) is 5.92 Å². The molecule has 0 saturated heterocycles. The van der Waals surface area contributed by atoms with E-state index in [0.717, 1.165) is 77.0 Å². The molecule has 0 spiro atoms. The van der Waals surface area contributed by atoms with Gasteiger partial charge in [0.25, 0.3) is 0 Å². The molecule has 0 aromatic carbocycles. The number of carboxylic acid groups (broad SMARTS) is 1. The number of hydrogen-bond acceptors (Lipinski definition) is 6. The van der Waals surface area contributed by atoms with Crippen molar-refractivity contribution >= 4 is 11.9 Å². The molecule has 2 unspecified atom stereocenters. The lowest BCUT2D eigenvalue weighted by Crippen LogP contribution is -2.19. The van der Waals surface area contributed by atoms with Crippen LogP contribution in [0, 0.1) is 5.92 Å². The molecule has 7 nitrogen and oxygen atoms in total. The Morgan fingerprint density at radius 2 is 1.25 bits per heavy atom. The van der Waals surface area contributed by atoms with Crippen LogP contribution in [0.1, 0.15) is 89.9 Å². The van der Waals surface area contributed by atoms with Gasteiger partial charge in [-0.3, -0.25) is 9.59 Å². The number of aliphatic carboxylic acids is 1. The summed E-state index contributed by atoms with van der Waals surface area (Å²) in [5.41, 5.74) is 0. The van der Waals surface area contributed by atoms with Gasteiger partial charge in [-0.25, -0.2) is 0 Å². The van der Waals surface area contributed by atoms with Crippen LogP contribution in [0.4, 0.5) is 0 Å². The fourth-order valence-corrected chi connectivity index (χ4v) is 3.23. The minimum absolute atomic E-state index is 0.0361. The Morgan fingerprint density at radius 3 is 1.79 bits per heavy atom. The molecule has 4 N–H and O–H groups in total. The molecule has 0 aromatic rings. The van der Waals surface area contributed by atoms with Crippen LogP contribution in [0.3, 0.4) is 0 Å². The van der Waals surface area contributed by atoms with Gasteiger partial charge in [0, 0.05) is 6.42 Å². The quantitative estimate of drug-likeness (QED) is 0.182. The molecule has 0 aromatic heterocycles. The number of carboxylic acids is 1. The average Bonchev–Trinajstić information content (AvgIpc) is 2.68. The lowest BCUT2D eigenvalue weighted by atomic mass is 9.94. The van der Waals surface area contributed by atoms with Crippen molar-refractivity contribution in [1.82, 2.24) is 0 Å². The fraction of sp³-hybridized carbons (Fsp3) is 0.905. The Hall–Kier alpha value is -1.18. The van der Waals surface area contributed by atoms with E-state index in [4.69, 9.17) is 20.1 Å². The third-order valence-electron chi connectivity index (χ3n) is 4.91. The van der Waals surface area contributed by atoms with E-state index in [0.29, 0.717) is 6.42 Å². The molecule has 0 amide bonds. The van der Waals surface area contributed by atoms with E-state index in [-0.39, 0.29) is 38.1 Å². The zero-order chi connectivity index (χ0) is 21.0. The Balaban J connectivity index is 3.92. The van der Waals surface area contributed by atoms with E-state index in [9.17, 15) is 14.7 Å². The largest absolute Gasteiger partial charge is 0.481 e. The van der Waals surface area contributed by atoms with Crippen molar-refractivity contribution in [1.29, 1.82) is 0 Å². The predicted molar refractivity (Wildman–Crippen MR) is 107 cm³/mol. The summed E-state index contributed by atoms with van der Waals surface area (Å²) in [6, 6.07) is 0. The van der Waals surface area contributed by atoms with Crippen molar-refractivity contribution in [3.05, 3.63) is 0 Å². The molecule has 7 heteroatoms. The molecule has 2 atom stereocenters. The van der Waals surface area contributed by atoms with Crippen LogP contribution in [-0.2, 0) is 14.3 Å². The van der Waals surface area contributed by atoms with E-state index >= 15 is 0 Å². The maximum atomic E-state index is 12.2. The molecule has 0 heterocycles. The molecule has 0 rings (SSSR count). The van der Waals surface area contributed by atoms with Crippen molar-refractivity contribution in [3.8, 4) is 0 Å². The number of rotatable bonds is 20. The summed E-state index contributed by atoms with van der Waals surface area (Å²) in [6.45, 7) is -0.344. The lowest BCUT2D eigenvalue weighted by Gasteiger charge is -2.16. The summed E-state index contributed by atoms with van der Waals surface area (Å²) in [7, 11) is 0. The second-order valence-corrected chi connectivity index (χ2v) is 7.47. The number of carbonyl (C=O) groups is 2. The highest BCUT2D eigenvalue weighted by Crippen LogP contribution is 2.20. The highest BCUT2D eigenvalue weighted by molar-refractivity contribution is 5.72. The molecule has 0 fully saturated rings. The van der Waals surface area contributed by atoms with Gasteiger partial charge in [-0.2, -0.15) is 0 Å². The first-order chi connectivity index (χ1) is 13.5. The molecule has 0 radical (unpaired) electrons. The summed E-state index contributed by atoms with van der Waals surface area (Å²) >= 11 is 0. The summed E-state index contributed by atoms with van der Waals surface area (Å²) in [5.74, 6) is -1.12. The highest BCUT2D eigenvalue weighted by Gasteiger charge is 2.19. The Bertz CT molecular complexity index is 387. The summed E-state index contributed by atoms with van der Waals surface area (Å²) in [6.07, 6.45) is 11.2. The van der Waals surface area contributed by atoms with Gasteiger partial charge < -0.3 is 25.2 Å². The summed E-state index contributed by atoms with van der Waals surface area (Å²) < 4.78 is 5.10. The van der Waals surface area contributed by atoms with Crippen LogP contribution in [0.15, 0.2) is 0 Å². The van der Waals surface area contributed by atoms with Gasteiger partial charge in [-0.1, -0.05) is 57.8 Å².